The number of nitrogens with zero attached hydrogens (tertiary/aromatic N) is 4. The van der Waals surface area contributed by atoms with E-state index in [1.807, 2.05) is 13.1 Å². The Morgan fingerprint density at radius 1 is 1.07 bits per heavy atom. The van der Waals surface area contributed by atoms with Crippen molar-refractivity contribution in [3.63, 3.8) is 0 Å². The van der Waals surface area contributed by atoms with Crippen LogP contribution in [0.5, 0.6) is 0 Å². The molecule has 0 atom stereocenters. The van der Waals surface area contributed by atoms with Crippen LogP contribution < -0.4 is 10.6 Å². The summed E-state index contributed by atoms with van der Waals surface area (Å²) in [5.74, 6) is 0.826. The van der Waals surface area contributed by atoms with E-state index in [0.717, 1.165) is 31.3 Å². The van der Waals surface area contributed by atoms with Gasteiger partial charge in [0.25, 0.3) is 0 Å². The number of aromatic nitrogens is 2. The van der Waals surface area contributed by atoms with Gasteiger partial charge in [-0.25, -0.2) is 0 Å². The molecular weight excluding hydrogens is 360 g/mol. The van der Waals surface area contributed by atoms with Crippen molar-refractivity contribution < 1.29 is 0 Å². The average molecular weight is 399 g/mol. The molecule has 2 N–H and O–H groups in total. The molecule has 2 rings (SSSR count). The lowest BCUT2D eigenvalue weighted by atomic mass is 10.2. The summed E-state index contributed by atoms with van der Waals surface area (Å²) in [6.07, 6.45) is 0. The van der Waals surface area contributed by atoms with Crippen molar-refractivity contribution in [1.82, 2.24) is 25.3 Å². The normalized spacial score (nSPS) is 12.3. The van der Waals surface area contributed by atoms with E-state index in [9.17, 15) is 0 Å². The molecule has 2 aromatic rings. The minimum Gasteiger partial charge on any atom is -0.355 e. The molecule has 0 aliphatic rings. The first-order valence-electron chi connectivity index (χ1n) is 10.6. The van der Waals surface area contributed by atoms with Crippen LogP contribution in [0, 0.1) is 13.8 Å². The lowest BCUT2D eigenvalue weighted by molar-refractivity contribution is 0.178. The van der Waals surface area contributed by atoms with Crippen LogP contribution in [0.15, 0.2) is 35.3 Å². The van der Waals surface area contributed by atoms with Crippen LogP contribution in [-0.2, 0) is 13.1 Å². The Morgan fingerprint density at radius 3 is 2.31 bits per heavy atom. The highest BCUT2D eigenvalue weighted by Gasteiger charge is 2.14. The molecule has 29 heavy (non-hydrogen) atoms. The Morgan fingerprint density at radius 2 is 1.72 bits per heavy atom. The molecule has 0 unspecified atom stereocenters. The van der Waals surface area contributed by atoms with Gasteiger partial charge in [-0.1, -0.05) is 30.3 Å². The molecule has 0 bridgehead atoms. The summed E-state index contributed by atoms with van der Waals surface area (Å²) in [4.78, 5) is 6.85. The van der Waals surface area contributed by atoms with E-state index in [1.54, 1.807) is 0 Å². The quantitative estimate of drug-likeness (QED) is 0.502. The number of nitrogens with one attached hydrogen (secondary N) is 2. The van der Waals surface area contributed by atoms with E-state index in [0.29, 0.717) is 18.6 Å². The average Bonchev–Trinajstić information content (AvgIpc) is 2.94. The molecule has 1 aromatic carbocycles. The first-order chi connectivity index (χ1) is 13.8. The highest BCUT2D eigenvalue weighted by Crippen LogP contribution is 2.14. The third-order valence-electron chi connectivity index (χ3n) is 5.35. The minimum atomic E-state index is 0.535. The first-order valence-corrected chi connectivity index (χ1v) is 10.6. The highest BCUT2D eigenvalue weighted by atomic mass is 15.3. The van der Waals surface area contributed by atoms with Gasteiger partial charge in [-0.05, 0) is 47.1 Å². The van der Waals surface area contributed by atoms with Crippen LogP contribution in [0.4, 0.5) is 0 Å². The summed E-state index contributed by atoms with van der Waals surface area (Å²) in [7, 11) is 1.82. The van der Waals surface area contributed by atoms with Crippen LogP contribution in [-0.4, -0.2) is 52.9 Å². The predicted molar refractivity (Wildman–Crippen MR) is 122 cm³/mol. The van der Waals surface area contributed by atoms with E-state index in [1.165, 1.54) is 16.8 Å². The second-order valence-electron chi connectivity index (χ2n) is 8.07. The molecule has 0 spiro atoms. The van der Waals surface area contributed by atoms with E-state index in [-0.39, 0.29) is 0 Å². The largest absolute Gasteiger partial charge is 0.355 e. The number of hydrogen-bond donors (Lipinski definition) is 2. The number of aliphatic imine (C=N–C) groups is 1. The smallest absolute Gasteiger partial charge is 0.191 e. The number of guanidine groups is 1. The third-order valence-corrected chi connectivity index (χ3v) is 5.35. The fraction of sp³-hybridized carbons (Fsp3) is 0.565. The molecule has 1 aromatic heterocycles. The van der Waals surface area contributed by atoms with Gasteiger partial charge in [0.15, 0.2) is 5.96 Å². The Kier molecular flexibility index (Phi) is 8.70. The third kappa shape index (κ3) is 6.60. The Balaban J connectivity index is 1.92. The van der Waals surface area contributed by atoms with Gasteiger partial charge in [0.2, 0.25) is 0 Å². The number of aryl methyl sites for hydroxylation is 1. The van der Waals surface area contributed by atoms with Gasteiger partial charge in [0.05, 0.1) is 12.2 Å². The van der Waals surface area contributed by atoms with Gasteiger partial charge in [0, 0.05) is 50.0 Å². The lowest BCUT2D eigenvalue weighted by Gasteiger charge is -2.30. The number of benzene rings is 1. The molecule has 0 aliphatic carbocycles. The zero-order valence-electron chi connectivity index (χ0n) is 19.2. The summed E-state index contributed by atoms with van der Waals surface area (Å²) in [5, 5.41) is 11.6. The molecule has 0 amide bonds. The Hall–Kier alpha value is -2.34. The summed E-state index contributed by atoms with van der Waals surface area (Å²) >= 11 is 0. The van der Waals surface area contributed by atoms with Crippen molar-refractivity contribution in [1.29, 1.82) is 0 Å². The maximum absolute atomic E-state index is 4.74. The van der Waals surface area contributed by atoms with Crippen LogP contribution in [0.25, 0.3) is 0 Å². The fourth-order valence-corrected chi connectivity index (χ4v) is 3.71. The van der Waals surface area contributed by atoms with Crippen molar-refractivity contribution in [2.24, 2.45) is 4.99 Å². The van der Waals surface area contributed by atoms with Crippen molar-refractivity contribution in [3.8, 4) is 0 Å². The van der Waals surface area contributed by atoms with E-state index >= 15 is 0 Å². The number of hydrogen-bond acceptors (Lipinski definition) is 3. The van der Waals surface area contributed by atoms with Gasteiger partial charge in [-0.2, -0.15) is 5.10 Å². The second kappa shape index (κ2) is 11.0. The molecule has 0 saturated heterocycles. The van der Waals surface area contributed by atoms with E-state index < -0.39 is 0 Å². The SMILES string of the molecule is CN=C(NCCN(C(C)C)C(C)C)NCc1c(C)nn(Cc2ccccc2)c1C. The zero-order valence-corrected chi connectivity index (χ0v) is 19.2. The van der Waals surface area contributed by atoms with Gasteiger partial charge < -0.3 is 10.6 Å². The molecule has 0 fully saturated rings. The van der Waals surface area contributed by atoms with Crippen molar-refractivity contribution >= 4 is 5.96 Å². The topological polar surface area (TPSA) is 57.5 Å². The lowest BCUT2D eigenvalue weighted by Crippen LogP contribution is -2.45. The highest BCUT2D eigenvalue weighted by molar-refractivity contribution is 5.79. The monoisotopic (exact) mass is 398 g/mol. The van der Waals surface area contributed by atoms with Gasteiger partial charge >= 0.3 is 0 Å². The van der Waals surface area contributed by atoms with Crippen LogP contribution in [0.3, 0.4) is 0 Å². The zero-order chi connectivity index (χ0) is 21.4. The molecule has 0 radical (unpaired) electrons. The van der Waals surface area contributed by atoms with Crippen LogP contribution in [0.1, 0.15) is 50.2 Å². The molecule has 160 valence electrons. The molecule has 6 nitrogen and oxygen atoms in total. The minimum absolute atomic E-state index is 0.535. The predicted octanol–water partition coefficient (Wildman–Crippen LogP) is 3.33. The first kappa shape index (κ1) is 22.9. The molecular formula is C23H38N6. The van der Waals surface area contributed by atoms with Crippen molar-refractivity contribution in [3.05, 3.63) is 52.8 Å². The molecule has 6 heteroatoms. The van der Waals surface area contributed by atoms with Gasteiger partial charge in [-0.3, -0.25) is 14.6 Å². The summed E-state index contributed by atoms with van der Waals surface area (Å²) in [6, 6.07) is 11.5. The van der Waals surface area contributed by atoms with Crippen molar-refractivity contribution in [2.45, 2.75) is 66.7 Å². The Bertz CT molecular complexity index is 768. The van der Waals surface area contributed by atoms with E-state index in [2.05, 4.69) is 91.0 Å². The summed E-state index contributed by atoms with van der Waals surface area (Å²) < 4.78 is 2.08. The van der Waals surface area contributed by atoms with Crippen molar-refractivity contribution in [2.75, 3.05) is 20.1 Å². The van der Waals surface area contributed by atoms with E-state index in [4.69, 9.17) is 5.10 Å². The maximum atomic E-state index is 4.74. The number of rotatable bonds is 9. The maximum Gasteiger partial charge on any atom is 0.191 e. The summed E-state index contributed by atoms with van der Waals surface area (Å²) in [6.45, 7) is 16.5. The van der Waals surface area contributed by atoms with Crippen LogP contribution in [0.2, 0.25) is 0 Å². The second-order valence-corrected chi connectivity index (χ2v) is 8.07. The Labute approximate surface area is 176 Å². The standard InChI is InChI=1S/C23H38N6/c1-17(2)28(18(3)4)14-13-25-23(24-7)26-15-22-19(5)27-29(20(22)6)16-21-11-9-8-10-12-21/h8-12,17-18H,13-16H2,1-7H3,(H2,24,25,26). The summed E-state index contributed by atoms with van der Waals surface area (Å²) in [5.41, 5.74) is 4.75. The molecule has 0 aliphatic heterocycles. The fourth-order valence-electron chi connectivity index (χ4n) is 3.71. The molecule has 1 heterocycles. The van der Waals surface area contributed by atoms with Gasteiger partial charge in [-0.15, -0.1) is 0 Å². The van der Waals surface area contributed by atoms with Gasteiger partial charge in [0.1, 0.15) is 0 Å². The van der Waals surface area contributed by atoms with Crippen LogP contribution >= 0.6 is 0 Å². The molecule has 0 saturated carbocycles.